The second-order valence-electron chi connectivity index (χ2n) is 4.46. The Morgan fingerprint density at radius 1 is 1.35 bits per heavy atom. The van der Waals surface area contributed by atoms with Crippen molar-refractivity contribution >= 4 is 10.0 Å². The summed E-state index contributed by atoms with van der Waals surface area (Å²) >= 11 is 0. The third kappa shape index (κ3) is 3.60. The van der Waals surface area contributed by atoms with Gasteiger partial charge in [0, 0.05) is 6.04 Å². The molecule has 0 aliphatic carbocycles. The molecule has 1 aromatic carbocycles. The van der Waals surface area contributed by atoms with Gasteiger partial charge in [-0.2, -0.15) is 0 Å². The smallest absolute Gasteiger partial charge is 0.271 e. The predicted octanol–water partition coefficient (Wildman–Crippen LogP) is 1.48. The van der Waals surface area contributed by atoms with E-state index in [1.165, 1.54) is 6.07 Å². The Hall–Kier alpha value is -1.83. The van der Waals surface area contributed by atoms with Crippen LogP contribution in [0.5, 0.6) is 5.75 Å². The topological polar surface area (TPSA) is 106 Å². The minimum Gasteiger partial charge on any atom is -0.508 e. The van der Waals surface area contributed by atoms with Gasteiger partial charge in [0.05, 0.1) is 6.54 Å². The Bertz CT molecular complexity index is 694. The molecular formula is C13H16N2O4S. The van der Waals surface area contributed by atoms with E-state index >= 15 is 0 Å². The van der Waals surface area contributed by atoms with E-state index in [1.54, 1.807) is 24.3 Å². The zero-order valence-corrected chi connectivity index (χ0v) is 11.7. The normalized spacial score (nSPS) is 13.3. The molecule has 6 nitrogen and oxygen atoms in total. The van der Waals surface area contributed by atoms with Crippen molar-refractivity contribution in [2.24, 2.45) is 5.14 Å². The van der Waals surface area contributed by atoms with Crippen LogP contribution >= 0.6 is 0 Å². The van der Waals surface area contributed by atoms with Crippen LogP contribution in [0.2, 0.25) is 0 Å². The Balaban J connectivity index is 2.00. The standard InChI is InChI=1S/C13H16N2O4S/c1-9(10-3-2-4-11(16)7-10)15-8-12-5-6-13(19-12)20(14,17)18/h2-7,9,15-16H,8H2,1H3,(H2,14,17,18). The number of nitrogens with one attached hydrogen (secondary N) is 1. The van der Waals surface area contributed by atoms with E-state index in [-0.39, 0.29) is 16.9 Å². The van der Waals surface area contributed by atoms with Crippen LogP contribution in [0.3, 0.4) is 0 Å². The van der Waals surface area contributed by atoms with E-state index in [4.69, 9.17) is 9.56 Å². The van der Waals surface area contributed by atoms with Gasteiger partial charge in [-0.1, -0.05) is 12.1 Å². The van der Waals surface area contributed by atoms with Gasteiger partial charge in [0.15, 0.2) is 0 Å². The van der Waals surface area contributed by atoms with Crippen molar-refractivity contribution < 1.29 is 17.9 Å². The highest BCUT2D eigenvalue weighted by molar-refractivity contribution is 7.89. The summed E-state index contributed by atoms with van der Waals surface area (Å²) in [6.45, 7) is 2.28. The molecule has 0 bridgehead atoms. The molecule has 4 N–H and O–H groups in total. The van der Waals surface area contributed by atoms with Crippen LogP contribution in [0, 0.1) is 0 Å². The SMILES string of the molecule is CC(NCc1ccc(S(N)(=O)=O)o1)c1cccc(O)c1. The van der Waals surface area contributed by atoms with Crippen molar-refractivity contribution in [1.82, 2.24) is 5.32 Å². The number of aromatic hydroxyl groups is 1. The molecule has 0 radical (unpaired) electrons. The van der Waals surface area contributed by atoms with Crippen LogP contribution in [0.25, 0.3) is 0 Å². The number of primary sulfonamides is 1. The molecule has 0 fully saturated rings. The molecular weight excluding hydrogens is 280 g/mol. The lowest BCUT2D eigenvalue weighted by Crippen LogP contribution is -2.17. The van der Waals surface area contributed by atoms with Crippen molar-refractivity contribution in [1.29, 1.82) is 0 Å². The summed E-state index contributed by atoms with van der Waals surface area (Å²) in [7, 11) is -3.81. The van der Waals surface area contributed by atoms with Crippen molar-refractivity contribution in [2.45, 2.75) is 24.6 Å². The highest BCUT2D eigenvalue weighted by Crippen LogP contribution is 2.19. The van der Waals surface area contributed by atoms with E-state index in [1.807, 2.05) is 13.0 Å². The van der Waals surface area contributed by atoms with E-state index in [2.05, 4.69) is 5.32 Å². The Morgan fingerprint density at radius 3 is 2.70 bits per heavy atom. The Kier molecular flexibility index (Phi) is 4.12. The van der Waals surface area contributed by atoms with Crippen LogP contribution in [0.1, 0.15) is 24.3 Å². The maximum absolute atomic E-state index is 11.1. The molecule has 2 aromatic rings. The summed E-state index contributed by atoms with van der Waals surface area (Å²) in [5.74, 6) is 0.673. The fourth-order valence-corrected chi connectivity index (χ4v) is 2.25. The molecule has 0 saturated heterocycles. The van der Waals surface area contributed by atoms with Gasteiger partial charge in [-0.25, -0.2) is 13.6 Å². The molecule has 0 aliphatic rings. The molecule has 0 saturated carbocycles. The summed E-state index contributed by atoms with van der Waals surface area (Å²) in [4.78, 5) is 0. The molecule has 0 amide bonds. The molecule has 1 heterocycles. The summed E-state index contributed by atoms with van der Waals surface area (Å²) in [5, 5.41) is 17.3. The number of furan rings is 1. The van der Waals surface area contributed by atoms with Crippen LogP contribution in [-0.4, -0.2) is 13.5 Å². The summed E-state index contributed by atoms with van der Waals surface area (Å²) in [6, 6.07) is 9.76. The monoisotopic (exact) mass is 296 g/mol. The number of rotatable bonds is 5. The van der Waals surface area contributed by atoms with Gasteiger partial charge in [0.25, 0.3) is 10.0 Å². The molecule has 20 heavy (non-hydrogen) atoms. The average Bonchev–Trinajstić information content (AvgIpc) is 2.84. The predicted molar refractivity (Wildman–Crippen MR) is 73.4 cm³/mol. The average molecular weight is 296 g/mol. The molecule has 0 spiro atoms. The molecule has 108 valence electrons. The number of phenolic OH excluding ortho intramolecular Hbond substituents is 1. The number of benzene rings is 1. The van der Waals surface area contributed by atoms with E-state index in [9.17, 15) is 13.5 Å². The zero-order valence-electron chi connectivity index (χ0n) is 10.9. The van der Waals surface area contributed by atoms with Gasteiger partial charge in [-0.3, -0.25) is 0 Å². The van der Waals surface area contributed by atoms with Gasteiger partial charge in [-0.05, 0) is 36.8 Å². The molecule has 1 aromatic heterocycles. The number of phenols is 1. The largest absolute Gasteiger partial charge is 0.508 e. The van der Waals surface area contributed by atoms with Crippen LogP contribution in [-0.2, 0) is 16.6 Å². The minimum atomic E-state index is -3.81. The van der Waals surface area contributed by atoms with E-state index in [0.717, 1.165) is 5.56 Å². The lowest BCUT2D eigenvalue weighted by Gasteiger charge is -2.13. The molecule has 0 aliphatic heterocycles. The molecule has 2 rings (SSSR count). The van der Waals surface area contributed by atoms with Gasteiger partial charge >= 0.3 is 0 Å². The fourth-order valence-electron chi connectivity index (χ4n) is 1.77. The van der Waals surface area contributed by atoms with Crippen molar-refractivity contribution in [3.05, 3.63) is 47.7 Å². The van der Waals surface area contributed by atoms with E-state index in [0.29, 0.717) is 12.3 Å². The lowest BCUT2D eigenvalue weighted by molar-refractivity contribution is 0.393. The van der Waals surface area contributed by atoms with E-state index < -0.39 is 10.0 Å². The van der Waals surface area contributed by atoms with Crippen LogP contribution in [0.15, 0.2) is 45.9 Å². The van der Waals surface area contributed by atoms with Gasteiger partial charge in [-0.15, -0.1) is 0 Å². The maximum atomic E-state index is 11.1. The first-order valence-electron chi connectivity index (χ1n) is 6.00. The van der Waals surface area contributed by atoms with Crippen molar-refractivity contribution in [2.75, 3.05) is 0 Å². The van der Waals surface area contributed by atoms with Crippen molar-refractivity contribution in [3.63, 3.8) is 0 Å². The highest BCUT2D eigenvalue weighted by Gasteiger charge is 2.13. The molecule has 1 unspecified atom stereocenters. The Labute approximate surface area is 117 Å². The second kappa shape index (κ2) is 5.66. The van der Waals surface area contributed by atoms with Crippen LogP contribution in [0.4, 0.5) is 0 Å². The third-order valence-corrected chi connectivity index (χ3v) is 3.65. The maximum Gasteiger partial charge on any atom is 0.271 e. The second-order valence-corrected chi connectivity index (χ2v) is 5.96. The fraction of sp³-hybridized carbons (Fsp3) is 0.231. The summed E-state index contributed by atoms with van der Waals surface area (Å²) in [5.41, 5.74) is 0.920. The first-order chi connectivity index (χ1) is 9.36. The number of hydrogen-bond acceptors (Lipinski definition) is 5. The van der Waals surface area contributed by atoms with Gasteiger partial charge in [0.2, 0.25) is 5.09 Å². The number of sulfonamides is 1. The number of hydrogen-bond donors (Lipinski definition) is 3. The minimum absolute atomic E-state index is 0.0230. The zero-order chi connectivity index (χ0) is 14.8. The summed E-state index contributed by atoms with van der Waals surface area (Å²) < 4.78 is 27.3. The molecule has 1 atom stereocenters. The first-order valence-corrected chi connectivity index (χ1v) is 7.55. The highest BCUT2D eigenvalue weighted by atomic mass is 32.2. The third-order valence-electron chi connectivity index (χ3n) is 2.87. The molecule has 7 heteroatoms. The quantitative estimate of drug-likeness (QED) is 0.775. The first kappa shape index (κ1) is 14.6. The number of nitrogens with two attached hydrogens (primary N) is 1. The Morgan fingerprint density at radius 2 is 2.10 bits per heavy atom. The van der Waals surface area contributed by atoms with Gasteiger partial charge < -0.3 is 14.8 Å². The van der Waals surface area contributed by atoms with Gasteiger partial charge in [0.1, 0.15) is 11.5 Å². The summed E-state index contributed by atoms with van der Waals surface area (Å²) in [6.07, 6.45) is 0. The van der Waals surface area contributed by atoms with Crippen LogP contribution < -0.4 is 10.5 Å². The van der Waals surface area contributed by atoms with Crippen molar-refractivity contribution in [3.8, 4) is 5.75 Å². The lowest BCUT2D eigenvalue weighted by atomic mass is 10.1.